The van der Waals surface area contributed by atoms with Crippen molar-refractivity contribution in [1.29, 1.82) is 0 Å². The van der Waals surface area contributed by atoms with Crippen molar-refractivity contribution >= 4 is 5.84 Å². The highest BCUT2D eigenvalue weighted by molar-refractivity contribution is 5.85. The van der Waals surface area contributed by atoms with Gasteiger partial charge in [-0.3, -0.25) is 0 Å². The smallest absolute Gasteiger partial charge is 0.144 e. The Hall–Kier alpha value is -0.810. The normalized spacial score (nSPS) is 24.9. The van der Waals surface area contributed by atoms with Gasteiger partial charge in [0.1, 0.15) is 5.84 Å². The van der Waals surface area contributed by atoms with E-state index in [1.54, 1.807) is 0 Å². The fourth-order valence-electron chi connectivity index (χ4n) is 2.83. The van der Waals surface area contributed by atoms with E-state index in [-0.39, 0.29) is 11.5 Å². The van der Waals surface area contributed by atoms with Gasteiger partial charge in [-0.1, -0.05) is 31.8 Å². The fraction of sp³-hybridized carbons (Fsp3) is 0.933. The maximum Gasteiger partial charge on any atom is 0.144 e. The Morgan fingerprint density at radius 1 is 1.35 bits per heavy atom. The minimum Gasteiger partial charge on any atom is -0.409 e. The maximum atomic E-state index is 9.61. The van der Waals surface area contributed by atoms with Crippen molar-refractivity contribution < 1.29 is 10.3 Å². The van der Waals surface area contributed by atoms with Gasteiger partial charge >= 0.3 is 0 Å². The molecule has 5 heteroatoms. The molecule has 0 spiro atoms. The number of nitrogens with two attached hydrogens (primary N) is 1. The van der Waals surface area contributed by atoms with Gasteiger partial charge in [-0.15, -0.1) is 0 Å². The second kappa shape index (κ2) is 8.47. The van der Waals surface area contributed by atoms with Gasteiger partial charge in [0.05, 0.1) is 6.10 Å². The minimum absolute atomic E-state index is 0.0860. The summed E-state index contributed by atoms with van der Waals surface area (Å²) >= 11 is 0. The topological polar surface area (TPSA) is 90.9 Å². The molecule has 118 valence electrons. The highest BCUT2D eigenvalue weighted by atomic mass is 16.4. The van der Waals surface area contributed by atoms with Gasteiger partial charge in [-0.05, 0) is 51.1 Å². The number of hydrogen-bond donors (Lipinski definition) is 4. The van der Waals surface area contributed by atoms with Crippen LogP contribution < -0.4 is 11.1 Å². The zero-order valence-electron chi connectivity index (χ0n) is 12.9. The van der Waals surface area contributed by atoms with E-state index in [4.69, 9.17) is 10.9 Å². The Bertz CT molecular complexity index is 305. The third-order valence-electron chi connectivity index (χ3n) is 4.39. The van der Waals surface area contributed by atoms with Gasteiger partial charge in [0.25, 0.3) is 0 Å². The van der Waals surface area contributed by atoms with E-state index in [9.17, 15) is 5.11 Å². The molecule has 5 N–H and O–H groups in total. The van der Waals surface area contributed by atoms with Crippen LogP contribution in [-0.4, -0.2) is 35.3 Å². The number of aliphatic hydroxyl groups is 1. The second-order valence-corrected chi connectivity index (χ2v) is 6.72. The summed E-state index contributed by atoms with van der Waals surface area (Å²) in [5.74, 6) is 0.939. The van der Waals surface area contributed by atoms with Crippen LogP contribution in [0.5, 0.6) is 0 Å². The van der Waals surface area contributed by atoms with Crippen LogP contribution in [0.1, 0.15) is 58.8 Å². The Kier molecular flexibility index (Phi) is 7.30. The maximum absolute atomic E-state index is 9.61. The summed E-state index contributed by atoms with van der Waals surface area (Å²) in [6, 6.07) is 0. The lowest BCUT2D eigenvalue weighted by Gasteiger charge is -2.26. The molecule has 1 rings (SSSR count). The molecular weight excluding hydrogens is 254 g/mol. The number of nitrogens with one attached hydrogen (secondary N) is 1. The van der Waals surface area contributed by atoms with E-state index in [1.165, 1.54) is 6.42 Å². The van der Waals surface area contributed by atoms with Crippen LogP contribution in [0, 0.1) is 11.3 Å². The molecule has 0 aliphatic heterocycles. The first-order valence-electron chi connectivity index (χ1n) is 7.82. The predicted octanol–water partition coefficient (Wildman–Crippen LogP) is 2.07. The van der Waals surface area contributed by atoms with Crippen molar-refractivity contribution in [2.45, 2.75) is 64.9 Å². The van der Waals surface area contributed by atoms with Gasteiger partial charge in [0.2, 0.25) is 0 Å². The lowest BCUT2D eigenvalue weighted by molar-refractivity contribution is 0.101. The first-order chi connectivity index (χ1) is 9.45. The molecule has 0 saturated heterocycles. The van der Waals surface area contributed by atoms with Gasteiger partial charge in [0, 0.05) is 5.41 Å². The van der Waals surface area contributed by atoms with Gasteiger partial charge < -0.3 is 21.4 Å². The molecule has 0 aromatic heterocycles. The monoisotopic (exact) mass is 285 g/mol. The number of nitrogens with zero attached hydrogens (tertiary/aromatic N) is 1. The summed E-state index contributed by atoms with van der Waals surface area (Å²) in [6.07, 6.45) is 7.30. The molecule has 0 heterocycles. The van der Waals surface area contributed by atoms with Crippen LogP contribution >= 0.6 is 0 Å². The molecule has 0 bridgehead atoms. The van der Waals surface area contributed by atoms with E-state index in [0.29, 0.717) is 11.8 Å². The quantitative estimate of drug-likeness (QED) is 0.181. The van der Waals surface area contributed by atoms with Crippen LogP contribution in [0.25, 0.3) is 0 Å². The van der Waals surface area contributed by atoms with Crippen molar-refractivity contribution in [3.05, 3.63) is 0 Å². The summed E-state index contributed by atoms with van der Waals surface area (Å²) in [5, 5.41) is 24.9. The van der Waals surface area contributed by atoms with E-state index in [0.717, 1.165) is 51.6 Å². The van der Waals surface area contributed by atoms with Crippen LogP contribution in [0.4, 0.5) is 0 Å². The number of hydrogen-bond acceptors (Lipinski definition) is 4. The van der Waals surface area contributed by atoms with Crippen LogP contribution in [0.15, 0.2) is 5.16 Å². The molecule has 20 heavy (non-hydrogen) atoms. The lowest BCUT2D eigenvalue weighted by atomic mass is 9.86. The first kappa shape index (κ1) is 17.2. The van der Waals surface area contributed by atoms with E-state index in [1.807, 2.05) is 13.8 Å². The Labute approximate surface area is 122 Å². The number of amidine groups is 1. The van der Waals surface area contributed by atoms with E-state index in [2.05, 4.69) is 10.5 Å². The molecule has 0 radical (unpaired) electrons. The summed E-state index contributed by atoms with van der Waals surface area (Å²) in [7, 11) is 0. The average Bonchev–Trinajstić information content (AvgIpc) is 2.41. The van der Waals surface area contributed by atoms with Crippen molar-refractivity contribution in [1.82, 2.24) is 5.32 Å². The average molecular weight is 285 g/mol. The predicted molar refractivity (Wildman–Crippen MR) is 81.9 cm³/mol. The number of oxime groups is 1. The molecule has 2 unspecified atom stereocenters. The SMILES string of the molecule is CC(C)(CCCCNCC1CCCC(O)C1)C(N)=NO. The Morgan fingerprint density at radius 3 is 2.75 bits per heavy atom. The summed E-state index contributed by atoms with van der Waals surface area (Å²) in [6.45, 7) is 6.01. The number of unbranched alkanes of at least 4 members (excludes halogenated alkanes) is 1. The molecule has 1 aliphatic rings. The fourth-order valence-corrected chi connectivity index (χ4v) is 2.83. The molecule has 5 nitrogen and oxygen atoms in total. The van der Waals surface area contributed by atoms with Crippen LogP contribution in [0.3, 0.4) is 0 Å². The number of rotatable bonds is 8. The molecule has 1 fully saturated rings. The molecule has 0 amide bonds. The molecule has 1 saturated carbocycles. The Morgan fingerprint density at radius 2 is 2.10 bits per heavy atom. The first-order valence-corrected chi connectivity index (χ1v) is 7.82. The van der Waals surface area contributed by atoms with Crippen LogP contribution in [-0.2, 0) is 0 Å². The molecule has 0 aromatic rings. The molecule has 0 aromatic carbocycles. The summed E-state index contributed by atoms with van der Waals surface area (Å²) < 4.78 is 0. The lowest BCUT2D eigenvalue weighted by Crippen LogP contribution is -2.32. The summed E-state index contributed by atoms with van der Waals surface area (Å²) in [4.78, 5) is 0. The minimum atomic E-state index is -0.234. The molecular formula is C15H31N3O2. The Balaban J connectivity index is 2.05. The van der Waals surface area contributed by atoms with Crippen molar-refractivity contribution in [2.75, 3.05) is 13.1 Å². The van der Waals surface area contributed by atoms with E-state index < -0.39 is 0 Å². The third-order valence-corrected chi connectivity index (χ3v) is 4.39. The van der Waals surface area contributed by atoms with Gasteiger partial charge in [-0.25, -0.2) is 0 Å². The third kappa shape index (κ3) is 6.09. The highest BCUT2D eigenvalue weighted by Crippen LogP contribution is 2.24. The molecule has 2 atom stereocenters. The van der Waals surface area contributed by atoms with Crippen molar-refractivity contribution in [3.8, 4) is 0 Å². The largest absolute Gasteiger partial charge is 0.409 e. The second-order valence-electron chi connectivity index (χ2n) is 6.72. The summed E-state index contributed by atoms with van der Waals surface area (Å²) in [5.41, 5.74) is 5.43. The van der Waals surface area contributed by atoms with Crippen molar-refractivity contribution in [2.24, 2.45) is 22.2 Å². The standard InChI is InChI=1S/C15H31N3O2/c1-15(2,14(16)18-20)8-3-4-9-17-11-12-6-5-7-13(19)10-12/h12-13,17,19-20H,3-11H2,1-2H3,(H2,16,18). The zero-order chi connectivity index (χ0) is 15.0. The number of aliphatic hydroxyl groups excluding tert-OH is 1. The molecule has 1 aliphatic carbocycles. The van der Waals surface area contributed by atoms with E-state index >= 15 is 0 Å². The van der Waals surface area contributed by atoms with Gasteiger partial charge in [-0.2, -0.15) is 0 Å². The van der Waals surface area contributed by atoms with Gasteiger partial charge in [0.15, 0.2) is 0 Å². The highest BCUT2D eigenvalue weighted by Gasteiger charge is 2.23. The van der Waals surface area contributed by atoms with Crippen LogP contribution in [0.2, 0.25) is 0 Å². The van der Waals surface area contributed by atoms with Crippen molar-refractivity contribution in [3.63, 3.8) is 0 Å². The zero-order valence-corrected chi connectivity index (χ0v) is 12.9.